The van der Waals surface area contributed by atoms with Gasteiger partial charge in [-0.05, 0) is 18.1 Å². The van der Waals surface area contributed by atoms with Crippen molar-refractivity contribution in [3.8, 4) is 5.75 Å². The summed E-state index contributed by atoms with van der Waals surface area (Å²) in [6, 6.07) is 7.68. The van der Waals surface area contributed by atoms with Crippen molar-refractivity contribution in [1.82, 2.24) is 0 Å². The SMILES string of the molecule is NCCOc1ccccc1CCO. The maximum absolute atomic E-state index is 8.79. The zero-order valence-electron chi connectivity index (χ0n) is 7.57. The monoisotopic (exact) mass is 181 g/mol. The normalized spacial score (nSPS) is 10.0. The molecule has 0 aliphatic carbocycles. The Balaban J connectivity index is 2.66. The van der Waals surface area contributed by atoms with Gasteiger partial charge in [-0.1, -0.05) is 18.2 Å². The topological polar surface area (TPSA) is 55.5 Å². The largest absolute Gasteiger partial charge is 0.492 e. The van der Waals surface area contributed by atoms with Crippen LogP contribution in [0.4, 0.5) is 0 Å². The lowest BCUT2D eigenvalue weighted by Gasteiger charge is -2.09. The van der Waals surface area contributed by atoms with Crippen LogP contribution in [0.15, 0.2) is 24.3 Å². The highest BCUT2D eigenvalue weighted by molar-refractivity contribution is 5.33. The molecule has 13 heavy (non-hydrogen) atoms. The molecule has 0 spiro atoms. The second-order valence-corrected chi connectivity index (χ2v) is 2.72. The van der Waals surface area contributed by atoms with Gasteiger partial charge in [0.1, 0.15) is 12.4 Å². The van der Waals surface area contributed by atoms with E-state index in [1.807, 2.05) is 24.3 Å². The number of aliphatic hydroxyl groups is 1. The smallest absolute Gasteiger partial charge is 0.122 e. The molecule has 0 heterocycles. The molecule has 0 unspecified atom stereocenters. The van der Waals surface area contributed by atoms with Gasteiger partial charge in [-0.2, -0.15) is 0 Å². The Hall–Kier alpha value is -1.06. The average molecular weight is 181 g/mol. The van der Waals surface area contributed by atoms with Crippen LogP contribution in [0.2, 0.25) is 0 Å². The number of aliphatic hydroxyl groups excluding tert-OH is 1. The summed E-state index contributed by atoms with van der Waals surface area (Å²) >= 11 is 0. The van der Waals surface area contributed by atoms with Crippen LogP contribution in [-0.2, 0) is 6.42 Å². The van der Waals surface area contributed by atoms with Gasteiger partial charge >= 0.3 is 0 Å². The van der Waals surface area contributed by atoms with Gasteiger partial charge in [0.05, 0.1) is 0 Å². The molecule has 0 aromatic heterocycles. The van der Waals surface area contributed by atoms with Gasteiger partial charge in [-0.15, -0.1) is 0 Å². The third-order valence-corrected chi connectivity index (χ3v) is 1.73. The van der Waals surface area contributed by atoms with Crippen LogP contribution in [0.25, 0.3) is 0 Å². The summed E-state index contributed by atoms with van der Waals surface area (Å²) in [6.45, 7) is 1.17. The van der Waals surface area contributed by atoms with E-state index >= 15 is 0 Å². The molecule has 3 heteroatoms. The van der Waals surface area contributed by atoms with E-state index in [1.54, 1.807) is 0 Å². The van der Waals surface area contributed by atoms with Gasteiger partial charge in [0.25, 0.3) is 0 Å². The summed E-state index contributed by atoms with van der Waals surface area (Å²) in [5, 5.41) is 8.79. The number of benzene rings is 1. The zero-order chi connectivity index (χ0) is 9.52. The Morgan fingerprint density at radius 2 is 2.08 bits per heavy atom. The average Bonchev–Trinajstić information content (AvgIpc) is 2.17. The molecule has 0 saturated heterocycles. The van der Waals surface area contributed by atoms with Crippen LogP contribution in [0, 0.1) is 0 Å². The summed E-state index contributed by atoms with van der Waals surface area (Å²) in [5.41, 5.74) is 6.35. The Kier molecular flexibility index (Phi) is 4.29. The van der Waals surface area contributed by atoms with Crippen molar-refractivity contribution in [1.29, 1.82) is 0 Å². The maximum Gasteiger partial charge on any atom is 0.122 e. The Labute approximate surface area is 78.1 Å². The zero-order valence-corrected chi connectivity index (χ0v) is 7.57. The lowest BCUT2D eigenvalue weighted by atomic mass is 10.1. The molecule has 0 radical (unpaired) electrons. The van der Waals surface area contributed by atoms with Gasteiger partial charge in [0.15, 0.2) is 0 Å². The molecular weight excluding hydrogens is 166 g/mol. The number of nitrogens with two attached hydrogens (primary N) is 1. The first-order chi connectivity index (χ1) is 6.38. The van der Waals surface area contributed by atoms with Crippen molar-refractivity contribution >= 4 is 0 Å². The minimum atomic E-state index is 0.142. The van der Waals surface area contributed by atoms with Crippen molar-refractivity contribution in [3.63, 3.8) is 0 Å². The molecule has 3 N–H and O–H groups in total. The number of rotatable bonds is 5. The van der Waals surface area contributed by atoms with Crippen LogP contribution < -0.4 is 10.5 Å². The molecule has 1 rings (SSSR count). The quantitative estimate of drug-likeness (QED) is 0.697. The van der Waals surface area contributed by atoms with Crippen molar-refractivity contribution in [2.24, 2.45) is 5.73 Å². The summed E-state index contributed by atoms with van der Waals surface area (Å²) in [7, 11) is 0. The molecule has 0 bridgehead atoms. The summed E-state index contributed by atoms with van der Waals surface area (Å²) in [4.78, 5) is 0. The molecule has 72 valence electrons. The van der Waals surface area contributed by atoms with E-state index in [-0.39, 0.29) is 6.61 Å². The van der Waals surface area contributed by atoms with E-state index in [1.165, 1.54) is 0 Å². The van der Waals surface area contributed by atoms with Crippen molar-refractivity contribution in [2.75, 3.05) is 19.8 Å². The van der Waals surface area contributed by atoms with Gasteiger partial charge in [0, 0.05) is 13.2 Å². The van der Waals surface area contributed by atoms with E-state index in [9.17, 15) is 0 Å². The molecule has 0 aliphatic rings. The van der Waals surface area contributed by atoms with Gasteiger partial charge in [0.2, 0.25) is 0 Å². The van der Waals surface area contributed by atoms with E-state index in [2.05, 4.69) is 0 Å². The number of hydrogen-bond acceptors (Lipinski definition) is 3. The maximum atomic E-state index is 8.79. The Bertz CT molecular complexity index is 250. The van der Waals surface area contributed by atoms with Crippen LogP contribution in [0.1, 0.15) is 5.56 Å². The van der Waals surface area contributed by atoms with Crippen LogP contribution in [0.5, 0.6) is 5.75 Å². The van der Waals surface area contributed by atoms with Crippen molar-refractivity contribution < 1.29 is 9.84 Å². The van der Waals surface area contributed by atoms with E-state index in [0.29, 0.717) is 19.6 Å². The van der Waals surface area contributed by atoms with Gasteiger partial charge in [-0.3, -0.25) is 0 Å². The highest BCUT2D eigenvalue weighted by Gasteiger charge is 2.00. The first-order valence-electron chi connectivity index (χ1n) is 4.40. The van der Waals surface area contributed by atoms with Crippen LogP contribution in [0.3, 0.4) is 0 Å². The second kappa shape index (κ2) is 5.56. The molecule has 0 fully saturated rings. The fourth-order valence-corrected chi connectivity index (χ4v) is 1.14. The van der Waals surface area contributed by atoms with Gasteiger partial charge in [-0.25, -0.2) is 0 Å². The molecule has 0 atom stereocenters. The third kappa shape index (κ3) is 3.05. The molecule has 3 nitrogen and oxygen atoms in total. The fourth-order valence-electron chi connectivity index (χ4n) is 1.14. The molecule has 0 saturated carbocycles. The molecule has 1 aromatic rings. The lowest BCUT2D eigenvalue weighted by molar-refractivity contribution is 0.291. The first kappa shape index (κ1) is 10.0. The van der Waals surface area contributed by atoms with E-state index < -0.39 is 0 Å². The van der Waals surface area contributed by atoms with Crippen LogP contribution in [-0.4, -0.2) is 24.9 Å². The number of para-hydroxylation sites is 1. The second-order valence-electron chi connectivity index (χ2n) is 2.72. The first-order valence-corrected chi connectivity index (χ1v) is 4.40. The lowest BCUT2D eigenvalue weighted by Crippen LogP contribution is -2.11. The van der Waals surface area contributed by atoms with Crippen molar-refractivity contribution in [3.05, 3.63) is 29.8 Å². The number of ether oxygens (including phenoxy) is 1. The molecule has 0 amide bonds. The number of hydrogen-bond donors (Lipinski definition) is 2. The van der Waals surface area contributed by atoms with Crippen molar-refractivity contribution in [2.45, 2.75) is 6.42 Å². The minimum Gasteiger partial charge on any atom is -0.492 e. The highest BCUT2D eigenvalue weighted by atomic mass is 16.5. The van der Waals surface area contributed by atoms with Crippen LogP contribution >= 0.6 is 0 Å². The predicted molar refractivity (Wildman–Crippen MR) is 51.8 cm³/mol. The van der Waals surface area contributed by atoms with Gasteiger partial charge < -0.3 is 15.6 Å². The van der Waals surface area contributed by atoms with E-state index in [4.69, 9.17) is 15.6 Å². The fraction of sp³-hybridized carbons (Fsp3) is 0.400. The highest BCUT2D eigenvalue weighted by Crippen LogP contribution is 2.17. The Morgan fingerprint density at radius 3 is 2.77 bits per heavy atom. The summed E-state index contributed by atoms with van der Waals surface area (Å²) in [5.74, 6) is 0.821. The summed E-state index contributed by atoms with van der Waals surface area (Å²) in [6.07, 6.45) is 0.626. The molecular formula is C10H15NO2. The minimum absolute atomic E-state index is 0.142. The molecule has 0 aliphatic heterocycles. The third-order valence-electron chi connectivity index (χ3n) is 1.73. The molecule has 1 aromatic carbocycles. The Morgan fingerprint density at radius 1 is 1.31 bits per heavy atom. The predicted octanol–water partition coefficient (Wildman–Crippen LogP) is 0.559. The summed E-state index contributed by atoms with van der Waals surface area (Å²) < 4.78 is 5.40. The van der Waals surface area contributed by atoms with E-state index in [0.717, 1.165) is 11.3 Å². The standard InChI is InChI=1S/C10H15NO2/c11-6-8-13-10-4-2-1-3-9(10)5-7-12/h1-4,12H,5-8,11H2.